The second-order valence-electron chi connectivity index (χ2n) is 3.19. The number of aromatic nitrogens is 1. The first kappa shape index (κ1) is 9.58. The molecule has 0 amide bonds. The number of fused-ring (bicyclic) bond motifs is 1. The van der Waals surface area contributed by atoms with Crippen molar-refractivity contribution >= 4 is 17.3 Å². The average molecular weight is 204 g/mol. The Morgan fingerprint density at radius 1 is 1.53 bits per heavy atom. The average Bonchev–Trinajstić information content (AvgIpc) is 2.63. The summed E-state index contributed by atoms with van der Waals surface area (Å²) in [5.74, 6) is 0.281. The maximum absolute atomic E-state index is 11.4. The van der Waals surface area contributed by atoms with Gasteiger partial charge in [-0.1, -0.05) is 6.07 Å². The summed E-state index contributed by atoms with van der Waals surface area (Å²) >= 11 is 0. The van der Waals surface area contributed by atoms with Crippen LogP contribution in [-0.2, 0) is 4.74 Å². The monoisotopic (exact) mass is 204 g/mol. The zero-order valence-electron chi connectivity index (χ0n) is 8.43. The zero-order chi connectivity index (χ0) is 10.8. The molecule has 0 radical (unpaired) electrons. The Labute approximate surface area is 87.3 Å². The molecule has 4 heteroatoms. The highest BCUT2D eigenvalue weighted by Gasteiger charge is 2.09. The number of pyridine rings is 1. The van der Waals surface area contributed by atoms with E-state index in [4.69, 9.17) is 10.5 Å². The molecule has 0 unspecified atom stereocenters. The lowest BCUT2D eigenvalue weighted by molar-refractivity contribution is 0.0526. The molecule has 78 valence electrons. The smallest absolute Gasteiger partial charge is 0.339 e. The van der Waals surface area contributed by atoms with Gasteiger partial charge in [-0.2, -0.15) is 0 Å². The van der Waals surface area contributed by atoms with Crippen LogP contribution < -0.4 is 5.73 Å². The van der Waals surface area contributed by atoms with Crippen molar-refractivity contribution in [3.05, 3.63) is 36.0 Å². The standard InChI is InChI=1S/C11H12N2O2/c1-2-15-11(14)8-6-9-4-3-5-10(12)13(9)7-8/h3-7H,2,12H2,1H3. The molecule has 2 aromatic heterocycles. The molecule has 0 saturated carbocycles. The summed E-state index contributed by atoms with van der Waals surface area (Å²) in [6, 6.07) is 7.27. The van der Waals surface area contributed by atoms with Crippen LogP contribution in [0.15, 0.2) is 30.5 Å². The van der Waals surface area contributed by atoms with E-state index in [2.05, 4.69) is 0 Å². The van der Waals surface area contributed by atoms with Crippen LogP contribution in [0.25, 0.3) is 5.52 Å². The number of carbonyl (C=O) groups is 1. The van der Waals surface area contributed by atoms with Gasteiger partial charge >= 0.3 is 5.97 Å². The number of carbonyl (C=O) groups excluding carboxylic acids is 1. The topological polar surface area (TPSA) is 56.7 Å². The van der Waals surface area contributed by atoms with Crippen molar-refractivity contribution in [2.45, 2.75) is 6.92 Å². The van der Waals surface area contributed by atoms with Crippen LogP contribution in [0.5, 0.6) is 0 Å². The largest absolute Gasteiger partial charge is 0.462 e. The third-order valence-electron chi connectivity index (χ3n) is 2.17. The number of nitrogens with two attached hydrogens (primary N) is 1. The summed E-state index contributed by atoms with van der Waals surface area (Å²) in [7, 11) is 0. The maximum Gasteiger partial charge on any atom is 0.339 e. The summed E-state index contributed by atoms with van der Waals surface area (Å²) in [6.07, 6.45) is 1.68. The van der Waals surface area contributed by atoms with Crippen molar-refractivity contribution in [2.24, 2.45) is 0 Å². The van der Waals surface area contributed by atoms with E-state index in [0.717, 1.165) is 5.52 Å². The number of esters is 1. The van der Waals surface area contributed by atoms with Crippen molar-refractivity contribution in [3.63, 3.8) is 0 Å². The lowest BCUT2D eigenvalue weighted by atomic mass is 10.3. The molecule has 0 atom stereocenters. The number of hydrogen-bond donors (Lipinski definition) is 1. The van der Waals surface area contributed by atoms with Gasteiger partial charge in [0.15, 0.2) is 0 Å². The van der Waals surface area contributed by atoms with E-state index in [1.54, 1.807) is 29.7 Å². The van der Waals surface area contributed by atoms with Crippen molar-refractivity contribution in [3.8, 4) is 0 Å². The Hall–Kier alpha value is -1.97. The Morgan fingerprint density at radius 3 is 3.00 bits per heavy atom. The van der Waals surface area contributed by atoms with Crippen LogP contribution in [-0.4, -0.2) is 17.0 Å². The Morgan fingerprint density at radius 2 is 2.33 bits per heavy atom. The number of nitrogens with zero attached hydrogens (tertiary/aromatic N) is 1. The van der Waals surface area contributed by atoms with E-state index >= 15 is 0 Å². The number of nitrogen functional groups attached to an aromatic ring is 1. The van der Waals surface area contributed by atoms with Gasteiger partial charge in [0.1, 0.15) is 5.82 Å². The van der Waals surface area contributed by atoms with Gasteiger partial charge in [-0.25, -0.2) is 4.79 Å². The molecule has 0 aliphatic carbocycles. The van der Waals surface area contributed by atoms with Crippen molar-refractivity contribution in [2.75, 3.05) is 12.3 Å². The van der Waals surface area contributed by atoms with Crippen LogP contribution in [0.1, 0.15) is 17.3 Å². The Kier molecular flexibility index (Phi) is 2.33. The summed E-state index contributed by atoms with van der Waals surface area (Å²) in [5.41, 5.74) is 7.16. The summed E-state index contributed by atoms with van der Waals surface area (Å²) in [5, 5.41) is 0. The van der Waals surface area contributed by atoms with Crippen LogP contribution in [0.3, 0.4) is 0 Å². The van der Waals surface area contributed by atoms with Gasteiger partial charge in [-0.3, -0.25) is 0 Å². The minimum absolute atomic E-state index is 0.319. The molecule has 4 nitrogen and oxygen atoms in total. The highest BCUT2D eigenvalue weighted by atomic mass is 16.5. The summed E-state index contributed by atoms with van der Waals surface area (Å²) in [6.45, 7) is 2.16. The fourth-order valence-corrected chi connectivity index (χ4v) is 1.48. The van der Waals surface area contributed by atoms with Gasteiger partial charge in [0.25, 0.3) is 0 Å². The minimum atomic E-state index is -0.319. The fourth-order valence-electron chi connectivity index (χ4n) is 1.48. The Balaban J connectivity index is 2.47. The van der Waals surface area contributed by atoms with Crippen LogP contribution in [0.4, 0.5) is 5.82 Å². The van der Waals surface area contributed by atoms with E-state index in [1.807, 2.05) is 12.1 Å². The second-order valence-corrected chi connectivity index (χ2v) is 3.19. The van der Waals surface area contributed by atoms with E-state index < -0.39 is 0 Å². The number of ether oxygens (including phenoxy) is 1. The van der Waals surface area contributed by atoms with Crippen LogP contribution >= 0.6 is 0 Å². The molecule has 0 aliphatic rings. The molecule has 0 spiro atoms. The normalized spacial score (nSPS) is 10.5. The second kappa shape index (κ2) is 3.65. The molecule has 2 N–H and O–H groups in total. The Bertz CT molecular complexity index is 502. The first-order chi connectivity index (χ1) is 7.22. The molecule has 2 heterocycles. The van der Waals surface area contributed by atoms with Gasteiger partial charge in [0.05, 0.1) is 12.2 Å². The molecule has 0 saturated heterocycles. The van der Waals surface area contributed by atoms with Gasteiger partial charge in [-0.15, -0.1) is 0 Å². The van der Waals surface area contributed by atoms with Crippen molar-refractivity contribution < 1.29 is 9.53 Å². The van der Waals surface area contributed by atoms with Gasteiger partial charge in [0, 0.05) is 11.7 Å². The van der Waals surface area contributed by atoms with E-state index in [-0.39, 0.29) is 5.97 Å². The lowest BCUT2D eigenvalue weighted by Gasteiger charge is -1.98. The molecule has 0 fully saturated rings. The minimum Gasteiger partial charge on any atom is -0.462 e. The van der Waals surface area contributed by atoms with Crippen LogP contribution in [0, 0.1) is 0 Å². The van der Waals surface area contributed by atoms with E-state index in [0.29, 0.717) is 18.0 Å². The quantitative estimate of drug-likeness (QED) is 0.757. The highest BCUT2D eigenvalue weighted by molar-refractivity contribution is 5.91. The number of rotatable bonds is 2. The first-order valence-electron chi connectivity index (χ1n) is 4.76. The van der Waals surface area contributed by atoms with Crippen LogP contribution in [0.2, 0.25) is 0 Å². The highest BCUT2D eigenvalue weighted by Crippen LogP contribution is 2.14. The molecule has 0 bridgehead atoms. The van der Waals surface area contributed by atoms with Gasteiger partial charge in [-0.05, 0) is 25.1 Å². The molecule has 2 rings (SSSR count). The SMILES string of the molecule is CCOC(=O)c1cc2cccc(N)n2c1. The third kappa shape index (κ3) is 1.66. The molecule has 15 heavy (non-hydrogen) atoms. The molecular formula is C11H12N2O2. The number of hydrogen-bond acceptors (Lipinski definition) is 3. The fraction of sp³-hybridized carbons (Fsp3) is 0.182. The summed E-state index contributed by atoms with van der Waals surface area (Å²) < 4.78 is 6.66. The predicted octanol–water partition coefficient (Wildman–Crippen LogP) is 1.70. The van der Waals surface area contributed by atoms with E-state index in [1.165, 1.54) is 0 Å². The molecule has 2 aromatic rings. The predicted molar refractivity (Wildman–Crippen MR) is 57.8 cm³/mol. The number of anilines is 1. The van der Waals surface area contributed by atoms with Gasteiger partial charge in [0.2, 0.25) is 0 Å². The molecular weight excluding hydrogens is 192 g/mol. The first-order valence-corrected chi connectivity index (χ1v) is 4.76. The lowest BCUT2D eigenvalue weighted by Crippen LogP contribution is -2.03. The van der Waals surface area contributed by atoms with Crippen molar-refractivity contribution in [1.82, 2.24) is 4.40 Å². The zero-order valence-corrected chi connectivity index (χ0v) is 8.43. The molecule has 0 aliphatic heterocycles. The van der Waals surface area contributed by atoms with Gasteiger partial charge < -0.3 is 14.9 Å². The molecule has 0 aromatic carbocycles. The third-order valence-corrected chi connectivity index (χ3v) is 2.17. The van der Waals surface area contributed by atoms with Crippen molar-refractivity contribution in [1.29, 1.82) is 0 Å². The van der Waals surface area contributed by atoms with E-state index in [9.17, 15) is 4.79 Å². The maximum atomic E-state index is 11.4. The summed E-state index contributed by atoms with van der Waals surface area (Å²) in [4.78, 5) is 11.4.